The molecule has 0 bridgehead atoms. The van der Waals surface area contributed by atoms with E-state index in [-0.39, 0.29) is 35.8 Å². The largest absolute Gasteiger partial charge is 0.508 e. The minimum absolute atomic E-state index is 0.0245. The van der Waals surface area contributed by atoms with E-state index in [1.165, 1.54) is 19.0 Å². The lowest BCUT2D eigenvalue weighted by atomic mass is 9.57. The number of halogens is 2. The monoisotopic (exact) mass is 548 g/mol. The number of benzene rings is 1. The molecule has 212 valence electrons. The highest BCUT2D eigenvalue weighted by molar-refractivity contribution is 6.24. The van der Waals surface area contributed by atoms with Gasteiger partial charge >= 0.3 is 0 Å². The van der Waals surface area contributed by atoms with Gasteiger partial charge in [0.1, 0.15) is 22.8 Å². The van der Waals surface area contributed by atoms with Crippen molar-refractivity contribution in [1.29, 1.82) is 0 Å². The van der Waals surface area contributed by atoms with E-state index in [2.05, 4.69) is 0 Å². The van der Waals surface area contributed by atoms with Crippen LogP contribution in [-0.2, 0) is 27.2 Å². The van der Waals surface area contributed by atoms with E-state index in [0.29, 0.717) is 12.8 Å². The van der Waals surface area contributed by atoms with E-state index >= 15 is 8.78 Å². The second-order valence-corrected chi connectivity index (χ2v) is 12.2. The van der Waals surface area contributed by atoms with Gasteiger partial charge in [-0.05, 0) is 57.5 Å². The van der Waals surface area contributed by atoms with Gasteiger partial charge in [-0.15, -0.1) is 0 Å². The molecule has 11 heteroatoms. The Morgan fingerprint density at radius 3 is 2.28 bits per heavy atom. The normalized spacial score (nSPS) is 27.1. The van der Waals surface area contributed by atoms with Crippen molar-refractivity contribution in [2.24, 2.45) is 23.0 Å². The minimum Gasteiger partial charge on any atom is -0.508 e. The van der Waals surface area contributed by atoms with E-state index in [1.54, 1.807) is 0 Å². The SMILES string of the molecule is CN(C)[C@@H]1C(=O)C(C(N)=O)=C(O)[C@@]2(O)C(=O)C3=C(O)c4c(O)c(CCCC(C)(C)C)c(F)c(F)c4C[C@H]3C[C@@H]12. The maximum atomic E-state index is 15.4. The summed E-state index contributed by atoms with van der Waals surface area (Å²) in [4.78, 5) is 40.3. The predicted octanol–water partition coefficient (Wildman–Crippen LogP) is 2.61. The molecule has 39 heavy (non-hydrogen) atoms. The first-order valence-corrected chi connectivity index (χ1v) is 12.8. The highest BCUT2D eigenvalue weighted by atomic mass is 19.2. The quantitative estimate of drug-likeness (QED) is 0.351. The van der Waals surface area contributed by atoms with Crippen LogP contribution in [0.25, 0.3) is 5.76 Å². The van der Waals surface area contributed by atoms with E-state index in [9.17, 15) is 34.8 Å². The molecule has 6 N–H and O–H groups in total. The molecule has 0 radical (unpaired) electrons. The van der Waals surface area contributed by atoms with Crippen LogP contribution in [0.4, 0.5) is 8.78 Å². The topological polar surface area (TPSA) is 161 Å². The summed E-state index contributed by atoms with van der Waals surface area (Å²) < 4.78 is 30.5. The highest BCUT2D eigenvalue weighted by Crippen LogP contribution is 2.53. The van der Waals surface area contributed by atoms with Gasteiger partial charge in [-0.1, -0.05) is 20.8 Å². The molecule has 1 amide bonds. The number of hydrogen-bond donors (Lipinski definition) is 5. The number of aliphatic hydroxyl groups excluding tert-OH is 2. The summed E-state index contributed by atoms with van der Waals surface area (Å²) in [6.07, 6.45) is 0.518. The number of nitrogens with zero attached hydrogens (tertiary/aromatic N) is 1. The summed E-state index contributed by atoms with van der Waals surface area (Å²) in [6.45, 7) is 5.94. The Balaban J connectivity index is 1.90. The van der Waals surface area contributed by atoms with Crippen molar-refractivity contribution >= 4 is 23.2 Å². The Morgan fingerprint density at radius 1 is 1.13 bits per heavy atom. The van der Waals surface area contributed by atoms with Crippen LogP contribution in [0, 0.1) is 28.9 Å². The fraction of sp³-hybridized carbons (Fsp3) is 0.536. The van der Waals surface area contributed by atoms with Crippen LogP contribution in [0.1, 0.15) is 56.7 Å². The van der Waals surface area contributed by atoms with Crippen molar-refractivity contribution in [1.82, 2.24) is 4.90 Å². The Morgan fingerprint density at radius 2 is 1.74 bits per heavy atom. The molecule has 3 aliphatic carbocycles. The lowest BCUT2D eigenvalue weighted by molar-refractivity contribution is -0.153. The van der Waals surface area contributed by atoms with Gasteiger partial charge in [0, 0.05) is 22.6 Å². The van der Waals surface area contributed by atoms with E-state index < -0.39 is 86.6 Å². The third kappa shape index (κ3) is 4.22. The van der Waals surface area contributed by atoms with Crippen LogP contribution in [0.5, 0.6) is 5.75 Å². The number of aromatic hydroxyl groups is 1. The summed E-state index contributed by atoms with van der Waals surface area (Å²) in [5.41, 5.74) is -0.0348. The second-order valence-electron chi connectivity index (χ2n) is 12.2. The number of carbonyl (C=O) groups excluding carboxylic acids is 3. The van der Waals surface area contributed by atoms with Crippen LogP contribution < -0.4 is 5.73 Å². The Bertz CT molecular complexity index is 1360. The zero-order valence-corrected chi connectivity index (χ0v) is 22.6. The van der Waals surface area contributed by atoms with Gasteiger partial charge in [0.15, 0.2) is 23.0 Å². The number of phenols is 1. The van der Waals surface area contributed by atoms with Gasteiger partial charge in [0.25, 0.3) is 5.91 Å². The summed E-state index contributed by atoms with van der Waals surface area (Å²) in [5.74, 6) is -11.0. The number of carbonyl (C=O) groups is 3. The smallest absolute Gasteiger partial charge is 0.255 e. The minimum atomic E-state index is -2.80. The average Bonchev–Trinajstić information content (AvgIpc) is 2.80. The number of ketones is 2. The zero-order valence-electron chi connectivity index (χ0n) is 22.6. The number of likely N-dealkylation sites (N-methyl/N-ethyl adjacent to an activating group) is 1. The van der Waals surface area contributed by atoms with Crippen molar-refractivity contribution in [2.75, 3.05) is 14.1 Å². The molecule has 1 saturated carbocycles. The highest BCUT2D eigenvalue weighted by Gasteiger charge is 2.64. The number of amides is 1. The van der Waals surface area contributed by atoms with Gasteiger partial charge in [-0.2, -0.15) is 0 Å². The van der Waals surface area contributed by atoms with Crippen LogP contribution in [-0.4, -0.2) is 68.5 Å². The fourth-order valence-electron chi connectivity index (χ4n) is 6.38. The van der Waals surface area contributed by atoms with Gasteiger partial charge in [-0.3, -0.25) is 19.3 Å². The summed E-state index contributed by atoms with van der Waals surface area (Å²) in [7, 11) is 2.95. The van der Waals surface area contributed by atoms with E-state index in [1.807, 2.05) is 20.8 Å². The maximum absolute atomic E-state index is 15.4. The molecule has 1 aromatic rings. The Labute approximate surface area is 224 Å². The van der Waals surface area contributed by atoms with Crippen molar-refractivity contribution in [3.63, 3.8) is 0 Å². The van der Waals surface area contributed by atoms with Gasteiger partial charge in [0.2, 0.25) is 5.78 Å². The summed E-state index contributed by atoms with van der Waals surface area (Å²) in [6, 6.07) is -1.26. The van der Waals surface area contributed by atoms with E-state index in [0.717, 1.165) is 0 Å². The first-order valence-electron chi connectivity index (χ1n) is 12.8. The summed E-state index contributed by atoms with van der Waals surface area (Å²) in [5, 5.41) is 44.7. The number of phenolic OH excluding ortho intramolecular Hbond substituents is 1. The average molecular weight is 549 g/mol. The zero-order chi connectivity index (χ0) is 29.4. The summed E-state index contributed by atoms with van der Waals surface area (Å²) >= 11 is 0. The molecule has 4 rings (SSSR count). The van der Waals surface area contributed by atoms with E-state index in [4.69, 9.17) is 5.73 Å². The molecule has 0 saturated heterocycles. The molecule has 9 nitrogen and oxygen atoms in total. The van der Waals surface area contributed by atoms with Gasteiger partial charge in [-0.25, -0.2) is 8.78 Å². The Kier molecular flexibility index (Phi) is 6.92. The van der Waals surface area contributed by atoms with Crippen molar-refractivity contribution in [3.05, 3.63) is 45.2 Å². The van der Waals surface area contributed by atoms with Gasteiger partial charge in [0.05, 0.1) is 11.6 Å². The van der Waals surface area contributed by atoms with Crippen molar-refractivity contribution in [2.45, 2.75) is 64.5 Å². The number of aliphatic hydroxyl groups is 3. The lowest BCUT2D eigenvalue weighted by Gasteiger charge is -2.50. The maximum Gasteiger partial charge on any atom is 0.255 e. The predicted molar refractivity (Wildman–Crippen MR) is 137 cm³/mol. The van der Waals surface area contributed by atoms with Crippen LogP contribution in [0.15, 0.2) is 16.9 Å². The number of Topliss-reactive ketones (excluding diaryl/α,β-unsaturated/α-hetero) is 2. The van der Waals surface area contributed by atoms with Gasteiger partial charge < -0.3 is 26.2 Å². The first-order chi connectivity index (χ1) is 17.9. The number of primary amides is 1. The number of rotatable bonds is 5. The van der Waals surface area contributed by atoms with Crippen LogP contribution in [0.2, 0.25) is 0 Å². The molecule has 1 fully saturated rings. The third-order valence-corrected chi connectivity index (χ3v) is 8.21. The molecule has 1 aromatic carbocycles. The molecule has 0 spiro atoms. The molecule has 0 unspecified atom stereocenters. The third-order valence-electron chi connectivity index (χ3n) is 8.21. The molecule has 0 heterocycles. The lowest BCUT2D eigenvalue weighted by Crippen LogP contribution is -2.65. The van der Waals surface area contributed by atoms with Crippen molar-refractivity contribution in [3.8, 4) is 5.75 Å². The molecular formula is C28H34F2N2O7. The molecule has 0 aliphatic heterocycles. The molecular weight excluding hydrogens is 514 g/mol. The number of fused-ring (bicyclic) bond motifs is 3. The molecule has 3 aliphatic rings. The molecule has 0 aromatic heterocycles. The fourth-order valence-corrected chi connectivity index (χ4v) is 6.38. The second kappa shape index (κ2) is 9.41. The van der Waals surface area contributed by atoms with Crippen LogP contribution >= 0.6 is 0 Å². The Hall–Kier alpha value is -3.31. The number of hydrogen-bond acceptors (Lipinski definition) is 8. The number of nitrogens with two attached hydrogens (primary N) is 1. The molecule has 4 atom stereocenters. The first kappa shape index (κ1) is 28.7. The van der Waals surface area contributed by atoms with Crippen LogP contribution in [0.3, 0.4) is 0 Å². The van der Waals surface area contributed by atoms with Crippen molar-refractivity contribution < 1.29 is 43.6 Å². The standard InChI is InChI=1S/C28H34F2N2O7/c1-27(2,3)8-6-7-12-18(29)19(30)13-9-11-10-14-20(32(4)5)23(35)17(26(31)38)25(37)28(14,39)24(36)15(11)22(34)16(13)21(12)33/h11,14,20,33-34,37,39H,6-10H2,1-5H3,(H2,31,38)/t11-,14-,20-,28-/m0/s1.